The molecule has 3 N–H and O–H groups in total. The molecular formula is C5H11O4. The van der Waals surface area contributed by atoms with Crippen LogP contribution < -0.4 is 0 Å². The van der Waals surface area contributed by atoms with Gasteiger partial charge in [-0.25, -0.2) is 5.11 Å². The molecule has 4 nitrogen and oxygen atoms in total. The smallest absolute Gasteiger partial charge is 0.103 e. The van der Waals surface area contributed by atoms with Crippen molar-refractivity contribution in [2.24, 2.45) is 0 Å². The molecule has 0 amide bonds. The second-order valence-electron chi connectivity index (χ2n) is 1.81. The van der Waals surface area contributed by atoms with Gasteiger partial charge in [0.2, 0.25) is 0 Å². The number of aliphatic hydroxyl groups excluding tert-OH is 3. The molecule has 0 bridgehead atoms. The fourth-order valence-electron chi connectivity index (χ4n) is 0.435. The Morgan fingerprint density at radius 3 is 2.11 bits per heavy atom. The monoisotopic (exact) mass is 135 g/mol. The van der Waals surface area contributed by atoms with Crippen molar-refractivity contribution in [2.75, 3.05) is 13.2 Å². The molecule has 0 saturated heterocycles. The summed E-state index contributed by atoms with van der Waals surface area (Å²) in [4.78, 5) is 0. The summed E-state index contributed by atoms with van der Waals surface area (Å²) in [7, 11) is 0. The summed E-state index contributed by atoms with van der Waals surface area (Å²) in [6, 6.07) is 0. The minimum Gasteiger partial charge on any atom is -0.394 e. The van der Waals surface area contributed by atoms with E-state index in [1.807, 2.05) is 0 Å². The first kappa shape index (κ1) is 8.84. The van der Waals surface area contributed by atoms with Crippen molar-refractivity contribution in [3.05, 3.63) is 0 Å². The van der Waals surface area contributed by atoms with Crippen LogP contribution in [0, 0.1) is 0 Å². The zero-order valence-electron chi connectivity index (χ0n) is 5.03. The van der Waals surface area contributed by atoms with Gasteiger partial charge in [0, 0.05) is 6.42 Å². The minimum atomic E-state index is -1.17. The zero-order chi connectivity index (χ0) is 7.28. The maximum atomic E-state index is 9.81. The predicted molar refractivity (Wildman–Crippen MR) is 29.3 cm³/mol. The highest BCUT2D eigenvalue weighted by atomic mass is 16.4. The largest absolute Gasteiger partial charge is 0.394 e. The van der Waals surface area contributed by atoms with Crippen LogP contribution in [0.5, 0.6) is 0 Å². The number of rotatable bonds is 4. The lowest BCUT2D eigenvalue weighted by molar-refractivity contribution is -0.0283. The van der Waals surface area contributed by atoms with Crippen LogP contribution >= 0.6 is 0 Å². The highest BCUT2D eigenvalue weighted by molar-refractivity contribution is 4.64. The molecule has 0 aliphatic rings. The quantitative estimate of drug-likeness (QED) is 0.440. The third-order valence-electron chi connectivity index (χ3n) is 1.04. The van der Waals surface area contributed by atoms with Gasteiger partial charge in [0.05, 0.1) is 19.3 Å². The molecule has 9 heavy (non-hydrogen) atoms. The second kappa shape index (κ2) is 4.69. The SMILES string of the molecule is [O]CCC(O)C(O)CO. The highest BCUT2D eigenvalue weighted by Gasteiger charge is 2.13. The average Bonchev–Trinajstić information content (AvgIpc) is 1.87. The van der Waals surface area contributed by atoms with E-state index in [1.54, 1.807) is 0 Å². The lowest BCUT2D eigenvalue weighted by Crippen LogP contribution is -2.29. The Balaban J connectivity index is 3.32. The standard InChI is InChI=1S/C5H11O4/c6-2-1-4(8)5(9)3-7/h4-5,7-9H,1-3H2. The summed E-state index contributed by atoms with van der Waals surface area (Å²) >= 11 is 0. The van der Waals surface area contributed by atoms with E-state index in [-0.39, 0.29) is 6.42 Å². The predicted octanol–water partition coefficient (Wildman–Crippen LogP) is -1.48. The number of hydrogen-bond acceptors (Lipinski definition) is 3. The molecular weight excluding hydrogens is 124 g/mol. The van der Waals surface area contributed by atoms with Gasteiger partial charge in [-0.2, -0.15) is 0 Å². The molecule has 0 aliphatic heterocycles. The van der Waals surface area contributed by atoms with Crippen LogP contribution in [0.2, 0.25) is 0 Å². The molecule has 0 aromatic carbocycles. The average molecular weight is 135 g/mol. The fraction of sp³-hybridized carbons (Fsp3) is 1.00. The fourth-order valence-corrected chi connectivity index (χ4v) is 0.435. The van der Waals surface area contributed by atoms with Crippen molar-refractivity contribution in [1.82, 2.24) is 0 Å². The van der Waals surface area contributed by atoms with Crippen LogP contribution in [0.1, 0.15) is 6.42 Å². The van der Waals surface area contributed by atoms with E-state index in [2.05, 4.69) is 0 Å². The van der Waals surface area contributed by atoms with Gasteiger partial charge < -0.3 is 15.3 Å². The molecule has 0 spiro atoms. The van der Waals surface area contributed by atoms with Crippen LogP contribution in [-0.4, -0.2) is 40.7 Å². The van der Waals surface area contributed by atoms with Crippen LogP contribution in [-0.2, 0) is 5.11 Å². The van der Waals surface area contributed by atoms with E-state index in [0.717, 1.165) is 0 Å². The van der Waals surface area contributed by atoms with Gasteiger partial charge in [0.25, 0.3) is 0 Å². The Labute approximate surface area is 53.4 Å². The maximum absolute atomic E-state index is 9.81. The summed E-state index contributed by atoms with van der Waals surface area (Å²) < 4.78 is 0. The molecule has 2 unspecified atom stereocenters. The summed E-state index contributed by atoms with van der Waals surface area (Å²) in [5.41, 5.74) is 0. The number of hydrogen-bond donors (Lipinski definition) is 3. The van der Waals surface area contributed by atoms with Gasteiger partial charge in [-0.1, -0.05) is 0 Å². The molecule has 0 aromatic heterocycles. The Morgan fingerprint density at radius 1 is 1.22 bits per heavy atom. The third kappa shape index (κ3) is 3.42. The Hall–Kier alpha value is -0.160. The van der Waals surface area contributed by atoms with E-state index in [4.69, 9.17) is 15.3 Å². The summed E-state index contributed by atoms with van der Waals surface area (Å²) in [6.45, 7) is -0.931. The molecule has 2 atom stereocenters. The van der Waals surface area contributed by atoms with Crippen molar-refractivity contribution >= 4 is 0 Å². The first-order valence-electron chi connectivity index (χ1n) is 2.77. The van der Waals surface area contributed by atoms with Crippen molar-refractivity contribution in [3.8, 4) is 0 Å². The first-order valence-corrected chi connectivity index (χ1v) is 2.77. The van der Waals surface area contributed by atoms with Gasteiger partial charge in [-0.15, -0.1) is 0 Å². The van der Waals surface area contributed by atoms with E-state index in [1.165, 1.54) is 0 Å². The van der Waals surface area contributed by atoms with Crippen LogP contribution in [0.3, 0.4) is 0 Å². The molecule has 0 aromatic rings. The lowest BCUT2D eigenvalue weighted by atomic mass is 10.1. The Bertz CT molecular complexity index is 66.0. The lowest BCUT2D eigenvalue weighted by Gasteiger charge is -2.12. The molecule has 0 heterocycles. The molecule has 1 radical (unpaired) electrons. The Kier molecular flexibility index (Phi) is 4.61. The molecule has 0 fully saturated rings. The summed E-state index contributed by atoms with van der Waals surface area (Å²) in [5, 5.41) is 35.4. The van der Waals surface area contributed by atoms with Crippen LogP contribution in [0.25, 0.3) is 0 Å². The molecule has 0 rings (SSSR count). The van der Waals surface area contributed by atoms with Crippen molar-refractivity contribution < 1.29 is 20.4 Å². The van der Waals surface area contributed by atoms with Gasteiger partial charge in [0.1, 0.15) is 6.10 Å². The van der Waals surface area contributed by atoms with E-state index >= 15 is 0 Å². The summed E-state index contributed by atoms with van der Waals surface area (Å²) in [6.07, 6.45) is -2.26. The molecule has 0 aliphatic carbocycles. The van der Waals surface area contributed by atoms with Crippen LogP contribution in [0.15, 0.2) is 0 Å². The van der Waals surface area contributed by atoms with Crippen molar-refractivity contribution in [3.63, 3.8) is 0 Å². The van der Waals surface area contributed by atoms with E-state index < -0.39 is 25.4 Å². The highest BCUT2D eigenvalue weighted by Crippen LogP contribution is 1.96. The third-order valence-corrected chi connectivity index (χ3v) is 1.04. The normalized spacial score (nSPS) is 17.3. The maximum Gasteiger partial charge on any atom is 0.103 e. The van der Waals surface area contributed by atoms with Gasteiger partial charge in [-0.05, 0) is 0 Å². The second-order valence-corrected chi connectivity index (χ2v) is 1.81. The molecule has 0 saturated carbocycles. The zero-order valence-corrected chi connectivity index (χ0v) is 5.03. The Morgan fingerprint density at radius 2 is 1.78 bits per heavy atom. The number of aliphatic hydroxyl groups is 3. The van der Waals surface area contributed by atoms with E-state index in [9.17, 15) is 5.11 Å². The minimum absolute atomic E-state index is 0.0122. The van der Waals surface area contributed by atoms with Crippen molar-refractivity contribution in [2.45, 2.75) is 18.6 Å². The van der Waals surface area contributed by atoms with Gasteiger partial charge >= 0.3 is 0 Å². The van der Waals surface area contributed by atoms with Crippen molar-refractivity contribution in [1.29, 1.82) is 0 Å². The first-order chi connectivity index (χ1) is 4.22. The van der Waals surface area contributed by atoms with Crippen LogP contribution in [0.4, 0.5) is 0 Å². The van der Waals surface area contributed by atoms with Gasteiger partial charge in [0.15, 0.2) is 0 Å². The molecule has 55 valence electrons. The summed E-state index contributed by atoms with van der Waals surface area (Å²) in [5.74, 6) is 0. The molecule has 4 heteroatoms. The van der Waals surface area contributed by atoms with E-state index in [0.29, 0.717) is 0 Å². The topological polar surface area (TPSA) is 80.6 Å². The van der Waals surface area contributed by atoms with Gasteiger partial charge in [-0.3, -0.25) is 0 Å².